The molecule has 0 aromatic carbocycles. The molecule has 0 aliphatic heterocycles. The SMILES string of the molecule is CCC(=NC)C(CCC(C)(C)C)C(C)C(=O)O. The smallest absolute Gasteiger partial charge is 0.306 e. The van der Waals surface area contributed by atoms with Crippen LogP contribution in [0.5, 0.6) is 0 Å². The van der Waals surface area contributed by atoms with Crippen molar-refractivity contribution in [3.8, 4) is 0 Å². The van der Waals surface area contributed by atoms with Gasteiger partial charge in [-0.1, -0.05) is 34.6 Å². The highest BCUT2D eigenvalue weighted by atomic mass is 16.4. The molecule has 3 heteroatoms. The van der Waals surface area contributed by atoms with Gasteiger partial charge in [0.2, 0.25) is 0 Å². The van der Waals surface area contributed by atoms with Gasteiger partial charge in [-0.05, 0) is 24.7 Å². The van der Waals surface area contributed by atoms with E-state index in [0.29, 0.717) is 0 Å². The van der Waals surface area contributed by atoms with Gasteiger partial charge in [0.1, 0.15) is 0 Å². The van der Waals surface area contributed by atoms with Crippen LogP contribution < -0.4 is 0 Å². The lowest BCUT2D eigenvalue weighted by Crippen LogP contribution is -2.28. The molecule has 3 nitrogen and oxygen atoms in total. The second kappa shape index (κ2) is 6.77. The third-order valence-electron chi connectivity index (χ3n) is 3.28. The highest BCUT2D eigenvalue weighted by Gasteiger charge is 2.28. The van der Waals surface area contributed by atoms with Gasteiger partial charge in [0, 0.05) is 18.7 Å². The van der Waals surface area contributed by atoms with Crippen LogP contribution in [-0.2, 0) is 4.79 Å². The molecular weight excluding hydrogens is 214 g/mol. The molecule has 0 spiro atoms. The van der Waals surface area contributed by atoms with E-state index in [2.05, 4.69) is 25.8 Å². The Kier molecular flexibility index (Phi) is 6.43. The number of carbonyl (C=O) groups is 1. The number of carboxylic acid groups (broad SMARTS) is 1. The molecule has 17 heavy (non-hydrogen) atoms. The van der Waals surface area contributed by atoms with Crippen LogP contribution in [-0.4, -0.2) is 23.8 Å². The molecule has 2 unspecified atom stereocenters. The molecule has 0 aliphatic carbocycles. The van der Waals surface area contributed by atoms with Crippen molar-refractivity contribution < 1.29 is 9.90 Å². The van der Waals surface area contributed by atoms with E-state index >= 15 is 0 Å². The lowest BCUT2D eigenvalue weighted by molar-refractivity contribution is -0.142. The Hall–Kier alpha value is -0.860. The van der Waals surface area contributed by atoms with Gasteiger partial charge < -0.3 is 5.11 Å². The molecule has 0 fully saturated rings. The molecule has 0 bridgehead atoms. The van der Waals surface area contributed by atoms with Gasteiger partial charge in [0.15, 0.2) is 0 Å². The quantitative estimate of drug-likeness (QED) is 0.722. The van der Waals surface area contributed by atoms with Gasteiger partial charge in [-0.3, -0.25) is 9.79 Å². The molecule has 0 radical (unpaired) electrons. The fourth-order valence-electron chi connectivity index (χ4n) is 2.05. The van der Waals surface area contributed by atoms with Crippen molar-refractivity contribution in [3.05, 3.63) is 0 Å². The molecular formula is C14H27NO2. The van der Waals surface area contributed by atoms with Crippen molar-refractivity contribution >= 4 is 11.7 Å². The van der Waals surface area contributed by atoms with Crippen LogP contribution in [0.2, 0.25) is 0 Å². The molecule has 0 aromatic heterocycles. The molecule has 1 N–H and O–H groups in total. The Balaban J connectivity index is 4.80. The first-order valence-corrected chi connectivity index (χ1v) is 6.41. The lowest BCUT2D eigenvalue weighted by atomic mass is 9.79. The van der Waals surface area contributed by atoms with E-state index in [4.69, 9.17) is 5.11 Å². The number of nitrogens with zero attached hydrogens (tertiary/aromatic N) is 1. The third kappa shape index (κ3) is 5.85. The zero-order valence-electron chi connectivity index (χ0n) is 12.1. The predicted octanol–water partition coefficient (Wildman–Crippen LogP) is 3.63. The van der Waals surface area contributed by atoms with Crippen LogP contribution in [0.3, 0.4) is 0 Å². The second-order valence-corrected chi connectivity index (χ2v) is 5.90. The molecule has 0 rings (SSSR count). The first-order chi connectivity index (χ1) is 7.72. The van der Waals surface area contributed by atoms with Gasteiger partial charge in [0.25, 0.3) is 0 Å². The Labute approximate surface area is 105 Å². The summed E-state index contributed by atoms with van der Waals surface area (Å²) in [6, 6.07) is 0. The summed E-state index contributed by atoms with van der Waals surface area (Å²) in [5.74, 6) is -1.00. The minimum Gasteiger partial charge on any atom is -0.481 e. The van der Waals surface area contributed by atoms with Gasteiger partial charge in [-0.15, -0.1) is 0 Å². The Morgan fingerprint density at radius 3 is 2.18 bits per heavy atom. The topological polar surface area (TPSA) is 49.7 Å². The van der Waals surface area contributed by atoms with Crippen molar-refractivity contribution in [2.45, 2.75) is 53.9 Å². The van der Waals surface area contributed by atoms with Crippen LogP contribution in [0, 0.1) is 17.3 Å². The van der Waals surface area contributed by atoms with Gasteiger partial charge in [-0.2, -0.15) is 0 Å². The Bertz CT molecular complexity index is 276. The standard InChI is InChI=1S/C14H27NO2/c1-7-12(15-6)11(10(2)13(16)17)8-9-14(3,4)5/h10-11H,7-9H2,1-6H3,(H,16,17). The van der Waals surface area contributed by atoms with E-state index in [9.17, 15) is 4.79 Å². The number of rotatable bonds is 6. The minimum atomic E-state index is -0.724. The van der Waals surface area contributed by atoms with E-state index in [1.54, 1.807) is 14.0 Å². The zero-order valence-corrected chi connectivity index (χ0v) is 12.1. The van der Waals surface area contributed by atoms with E-state index in [-0.39, 0.29) is 17.3 Å². The van der Waals surface area contributed by atoms with E-state index in [0.717, 1.165) is 25.0 Å². The first kappa shape index (κ1) is 16.1. The maximum atomic E-state index is 11.1. The van der Waals surface area contributed by atoms with E-state index in [1.165, 1.54) is 0 Å². The normalized spacial score (nSPS) is 16.7. The number of carboxylic acids is 1. The largest absolute Gasteiger partial charge is 0.481 e. The third-order valence-corrected chi connectivity index (χ3v) is 3.28. The second-order valence-electron chi connectivity index (χ2n) is 5.90. The summed E-state index contributed by atoms with van der Waals surface area (Å²) < 4.78 is 0. The summed E-state index contributed by atoms with van der Waals surface area (Å²) in [7, 11) is 1.76. The van der Waals surface area contributed by atoms with Crippen LogP contribution in [0.4, 0.5) is 0 Å². The average Bonchev–Trinajstić information content (AvgIpc) is 2.21. The summed E-state index contributed by atoms with van der Waals surface area (Å²) in [6.45, 7) is 10.4. The van der Waals surface area contributed by atoms with Crippen LogP contribution in [0.15, 0.2) is 4.99 Å². The van der Waals surface area contributed by atoms with E-state index < -0.39 is 5.97 Å². The number of aliphatic carboxylic acids is 1. The van der Waals surface area contributed by atoms with Crippen molar-refractivity contribution in [1.82, 2.24) is 0 Å². The zero-order chi connectivity index (χ0) is 13.6. The number of hydrogen-bond acceptors (Lipinski definition) is 2. The fraction of sp³-hybridized carbons (Fsp3) is 0.857. The Morgan fingerprint density at radius 2 is 1.88 bits per heavy atom. The Morgan fingerprint density at radius 1 is 1.35 bits per heavy atom. The maximum Gasteiger partial charge on any atom is 0.306 e. The summed E-state index contributed by atoms with van der Waals surface area (Å²) in [4.78, 5) is 15.4. The summed E-state index contributed by atoms with van der Waals surface area (Å²) >= 11 is 0. The average molecular weight is 241 g/mol. The highest BCUT2D eigenvalue weighted by molar-refractivity contribution is 5.90. The van der Waals surface area contributed by atoms with Crippen molar-refractivity contribution in [3.63, 3.8) is 0 Å². The van der Waals surface area contributed by atoms with Crippen molar-refractivity contribution in [2.24, 2.45) is 22.2 Å². The molecule has 0 heterocycles. The number of aliphatic imine (C=N–C) groups is 1. The van der Waals surface area contributed by atoms with E-state index in [1.807, 2.05) is 6.92 Å². The van der Waals surface area contributed by atoms with Gasteiger partial charge in [0.05, 0.1) is 5.92 Å². The molecule has 0 aliphatic rings. The van der Waals surface area contributed by atoms with Crippen molar-refractivity contribution in [2.75, 3.05) is 7.05 Å². The number of hydrogen-bond donors (Lipinski definition) is 1. The fourth-order valence-corrected chi connectivity index (χ4v) is 2.05. The summed E-state index contributed by atoms with van der Waals surface area (Å²) in [5, 5.41) is 9.17. The lowest BCUT2D eigenvalue weighted by Gasteiger charge is -2.26. The molecule has 0 saturated carbocycles. The maximum absolute atomic E-state index is 11.1. The van der Waals surface area contributed by atoms with Crippen LogP contribution in [0.1, 0.15) is 53.9 Å². The molecule has 0 saturated heterocycles. The monoisotopic (exact) mass is 241 g/mol. The molecule has 100 valence electrons. The van der Waals surface area contributed by atoms with Crippen LogP contribution >= 0.6 is 0 Å². The summed E-state index contributed by atoms with van der Waals surface area (Å²) in [6.07, 6.45) is 2.76. The van der Waals surface area contributed by atoms with Gasteiger partial charge >= 0.3 is 5.97 Å². The predicted molar refractivity (Wildman–Crippen MR) is 72.6 cm³/mol. The minimum absolute atomic E-state index is 0.0710. The molecule has 0 amide bonds. The first-order valence-electron chi connectivity index (χ1n) is 6.41. The van der Waals surface area contributed by atoms with Gasteiger partial charge in [-0.25, -0.2) is 0 Å². The molecule has 0 aromatic rings. The van der Waals surface area contributed by atoms with Crippen molar-refractivity contribution in [1.29, 1.82) is 0 Å². The molecule has 2 atom stereocenters. The highest BCUT2D eigenvalue weighted by Crippen LogP contribution is 2.28. The van der Waals surface area contributed by atoms with Crippen LogP contribution in [0.25, 0.3) is 0 Å². The summed E-state index contributed by atoms with van der Waals surface area (Å²) in [5.41, 5.74) is 1.27.